The number of ether oxygens (including phenoxy) is 1. The normalized spacial score (nSPS) is 11.0. The van der Waals surface area contributed by atoms with E-state index in [1.54, 1.807) is 11.8 Å². The van der Waals surface area contributed by atoms with Gasteiger partial charge in [0, 0.05) is 21.1 Å². The second-order valence-electron chi connectivity index (χ2n) is 5.57. The number of aliphatic imine (C=N–C) groups is 1. The van der Waals surface area contributed by atoms with Crippen LogP contribution in [0.1, 0.15) is 16.8 Å². The quantitative estimate of drug-likeness (QED) is 0.439. The first kappa shape index (κ1) is 20.3. The fourth-order valence-electron chi connectivity index (χ4n) is 2.41. The molecular weight excluding hydrogens is 417 g/mol. The molecule has 0 spiro atoms. The van der Waals surface area contributed by atoms with Crippen molar-refractivity contribution in [3.8, 4) is 5.88 Å². The van der Waals surface area contributed by atoms with Crippen molar-refractivity contribution in [3.05, 3.63) is 47.2 Å². The number of nitrogens with zero attached hydrogens (tertiary/aromatic N) is 4. The summed E-state index contributed by atoms with van der Waals surface area (Å²) in [6.45, 7) is 3.25. The van der Waals surface area contributed by atoms with Crippen molar-refractivity contribution in [3.63, 3.8) is 0 Å². The zero-order valence-corrected chi connectivity index (χ0v) is 17.2. The lowest BCUT2D eigenvalue weighted by atomic mass is 10.2. The van der Waals surface area contributed by atoms with Crippen LogP contribution in [0.15, 0.2) is 35.3 Å². The molecule has 1 heterocycles. The minimum atomic E-state index is 0. The molecule has 2 aromatic rings. The number of rotatable bonds is 5. The molecule has 0 aliphatic carbocycles. The summed E-state index contributed by atoms with van der Waals surface area (Å²) in [5, 5.41) is 7.77. The second kappa shape index (κ2) is 9.51. The molecular formula is C17H26IN5O. The minimum absolute atomic E-state index is 0. The van der Waals surface area contributed by atoms with E-state index in [9.17, 15) is 0 Å². The van der Waals surface area contributed by atoms with Gasteiger partial charge in [-0.15, -0.1) is 24.0 Å². The van der Waals surface area contributed by atoms with Gasteiger partial charge in [-0.1, -0.05) is 30.3 Å². The molecule has 0 radical (unpaired) electrons. The Morgan fingerprint density at radius 1 is 1.29 bits per heavy atom. The van der Waals surface area contributed by atoms with E-state index in [0.29, 0.717) is 13.1 Å². The summed E-state index contributed by atoms with van der Waals surface area (Å²) in [5.74, 6) is 1.61. The number of halogens is 1. The topological polar surface area (TPSA) is 54.7 Å². The molecule has 0 atom stereocenters. The van der Waals surface area contributed by atoms with Crippen LogP contribution in [0.3, 0.4) is 0 Å². The molecule has 0 aliphatic rings. The Hall–Kier alpha value is -1.77. The van der Waals surface area contributed by atoms with Gasteiger partial charge in [-0.2, -0.15) is 5.10 Å². The minimum Gasteiger partial charge on any atom is -0.481 e. The second-order valence-corrected chi connectivity index (χ2v) is 5.57. The Balaban J connectivity index is 0.00000288. The summed E-state index contributed by atoms with van der Waals surface area (Å²) in [7, 11) is 7.50. The lowest BCUT2D eigenvalue weighted by Crippen LogP contribution is -2.36. The average Bonchev–Trinajstić information content (AvgIpc) is 2.81. The number of aryl methyl sites for hydroxylation is 2. The summed E-state index contributed by atoms with van der Waals surface area (Å²) in [6.07, 6.45) is 0. The van der Waals surface area contributed by atoms with Gasteiger partial charge in [-0.05, 0) is 12.5 Å². The summed E-state index contributed by atoms with van der Waals surface area (Å²) in [4.78, 5) is 6.64. The third-order valence-electron chi connectivity index (χ3n) is 3.58. The molecule has 1 aromatic heterocycles. The van der Waals surface area contributed by atoms with Crippen LogP contribution in [0.25, 0.3) is 0 Å². The molecule has 0 amide bonds. The van der Waals surface area contributed by atoms with Crippen LogP contribution < -0.4 is 10.1 Å². The van der Waals surface area contributed by atoms with Crippen molar-refractivity contribution >= 4 is 29.9 Å². The molecule has 1 N–H and O–H groups in total. The number of nitrogens with one attached hydrogen (secondary N) is 1. The predicted molar refractivity (Wildman–Crippen MR) is 108 cm³/mol. The third kappa shape index (κ3) is 5.12. The van der Waals surface area contributed by atoms with Gasteiger partial charge in [0.25, 0.3) is 0 Å². The largest absolute Gasteiger partial charge is 0.481 e. The molecule has 7 heteroatoms. The molecule has 132 valence electrons. The summed E-state index contributed by atoms with van der Waals surface area (Å²) >= 11 is 0. The molecule has 0 fully saturated rings. The number of hydrogen-bond donors (Lipinski definition) is 1. The molecule has 0 aliphatic heterocycles. The molecule has 2 rings (SSSR count). The maximum atomic E-state index is 5.43. The van der Waals surface area contributed by atoms with E-state index in [0.717, 1.165) is 23.1 Å². The molecule has 1 aromatic carbocycles. The van der Waals surface area contributed by atoms with Crippen LogP contribution in [0.2, 0.25) is 0 Å². The molecule has 0 saturated heterocycles. The monoisotopic (exact) mass is 443 g/mol. The van der Waals surface area contributed by atoms with E-state index in [2.05, 4.69) is 27.5 Å². The fourth-order valence-corrected chi connectivity index (χ4v) is 2.41. The molecule has 6 nitrogen and oxygen atoms in total. The Kier molecular flexibility index (Phi) is 8.03. The van der Waals surface area contributed by atoms with Crippen LogP contribution in [0.4, 0.5) is 0 Å². The van der Waals surface area contributed by atoms with Gasteiger partial charge in [-0.3, -0.25) is 0 Å². The van der Waals surface area contributed by atoms with E-state index in [1.165, 1.54) is 5.56 Å². The lowest BCUT2D eigenvalue weighted by Gasteiger charge is -2.18. The van der Waals surface area contributed by atoms with Crippen LogP contribution in [0, 0.1) is 6.92 Å². The first-order valence-corrected chi connectivity index (χ1v) is 7.59. The highest BCUT2D eigenvalue weighted by molar-refractivity contribution is 14.0. The fraction of sp³-hybridized carbons (Fsp3) is 0.412. The number of guanidine groups is 1. The smallest absolute Gasteiger partial charge is 0.216 e. The van der Waals surface area contributed by atoms with Crippen molar-refractivity contribution in [2.75, 3.05) is 21.2 Å². The van der Waals surface area contributed by atoms with Gasteiger partial charge in [0.15, 0.2) is 5.96 Å². The molecule has 0 saturated carbocycles. The van der Waals surface area contributed by atoms with Crippen molar-refractivity contribution < 1.29 is 4.74 Å². The summed E-state index contributed by atoms with van der Waals surface area (Å²) < 4.78 is 7.18. The van der Waals surface area contributed by atoms with Gasteiger partial charge < -0.3 is 15.0 Å². The van der Waals surface area contributed by atoms with Crippen LogP contribution in [-0.4, -0.2) is 41.8 Å². The van der Waals surface area contributed by atoms with Crippen LogP contribution >= 0.6 is 24.0 Å². The van der Waals surface area contributed by atoms with E-state index < -0.39 is 0 Å². The van der Waals surface area contributed by atoms with Gasteiger partial charge in [0.05, 0.1) is 31.5 Å². The summed E-state index contributed by atoms with van der Waals surface area (Å²) in [5.41, 5.74) is 3.19. The van der Waals surface area contributed by atoms with Crippen LogP contribution in [-0.2, 0) is 20.1 Å². The maximum Gasteiger partial charge on any atom is 0.216 e. The van der Waals surface area contributed by atoms with Crippen molar-refractivity contribution in [2.24, 2.45) is 12.0 Å². The Bertz CT molecular complexity index is 667. The first-order chi connectivity index (χ1) is 11.0. The lowest BCUT2D eigenvalue weighted by molar-refractivity contribution is 0.368. The highest BCUT2D eigenvalue weighted by atomic mass is 127. The van der Waals surface area contributed by atoms with Crippen LogP contribution in [0.5, 0.6) is 5.88 Å². The maximum absolute atomic E-state index is 5.43. The zero-order chi connectivity index (χ0) is 16.8. The van der Waals surface area contributed by atoms with E-state index in [-0.39, 0.29) is 24.0 Å². The van der Waals surface area contributed by atoms with E-state index in [1.807, 2.05) is 51.2 Å². The van der Waals surface area contributed by atoms with Gasteiger partial charge >= 0.3 is 0 Å². The number of hydrogen-bond acceptors (Lipinski definition) is 3. The standard InChI is InChI=1S/C17H25N5O.HI/c1-13-15(16(23-5)22(4)20-13)12-19-17(21(2)3)18-11-14-9-7-6-8-10-14;/h6-10H,11-12H2,1-5H3,(H,18,19);1H. The van der Waals surface area contributed by atoms with E-state index in [4.69, 9.17) is 4.74 Å². The Labute approximate surface area is 160 Å². The van der Waals surface area contributed by atoms with Gasteiger partial charge in [0.2, 0.25) is 5.88 Å². The zero-order valence-electron chi connectivity index (χ0n) is 14.9. The summed E-state index contributed by atoms with van der Waals surface area (Å²) in [6, 6.07) is 10.2. The first-order valence-electron chi connectivity index (χ1n) is 7.59. The van der Waals surface area contributed by atoms with Crippen molar-refractivity contribution in [1.29, 1.82) is 0 Å². The predicted octanol–water partition coefficient (Wildman–Crippen LogP) is 2.56. The Morgan fingerprint density at radius 3 is 2.54 bits per heavy atom. The number of benzene rings is 1. The van der Waals surface area contributed by atoms with E-state index >= 15 is 0 Å². The SMILES string of the molecule is COc1c(CNC(=NCc2ccccc2)N(C)C)c(C)nn1C.I. The number of methoxy groups -OCH3 is 1. The molecule has 0 unspecified atom stereocenters. The Morgan fingerprint density at radius 2 is 1.96 bits per heavy atom. The highest BCUT2D eigenvalue weighted by Gasteiger charge is 2.14. The molecule has 24 heavy (non-hydrogen) atoms. The van der Waals surface area contributed by atoms with Gasteiger partial charge in [-0.25, -0.2) is 9.67 Å². The highest BCUT2D eigenvalue weighted by Crippen LogP contribution is 2.20. The van der Waals surface area contributed by atoms with Gasteiger partial charge in [0.1, 0.15) is 0 Å². The number of aromatic nitrogens is 2. The third-order valence-corrected chi connectivity index (χ3v) is 3.58. The van der Waals surface area contributed by atoms with Crippen molar-refractivity contribution in [1.82, 2.24) is 20.0 Å². The van der Waals surface area contributed by atoms with Crippen molar-refractivity contribution in [2.45, 2.75) is 20.0 Å². The average molecular weight is 443 g/mol. The molecule has 0 bridgehead atoms.